The first-order valence-corrected chi connectivity index (χ1v) is 8.76. The summed E-state index contributed by atoms with van der Waals surface area (Å²) >= 11 is 1.34. The van der Waals surface area contributed by atoms with Gasteiger partial charge in [-0.2, -0.15) is 4.31 Å². The van der Waals surface area contributed by atoms with E-state index in [1.165, 1.54) is 15.6 Å². The van der Waals surface area contributed by atoms with E-state index in [4.69, 9.17) is 0 Å². The molecule has 1 aromatic rings. The van der Waals surface area contributed by atoms with Crippen LogP contribution in [0.5, 0.6) is 0 Å². The molecule has 4 nitrogen and oxygen atoms in total. The lowest BCUT2D eigenvalue weighted by atomic mass is 10.1. The van der Waals surface area contributed by atoms with E-state index in [9.17, 15) is 8.42 Å². The second-order valence-electron chi connectivity index (χ2n) is 5.25. The number of nitrogens with zero attached hydrogens (tertiary/aromatic N) is 1. The van der Waals surface area contributed by atoms with Gasteiger partial charge in [0.1, 0.15) is 4.21 Å². The molecule has 1 rings (SSSR count). The van der Waals surface area contributed by atoms with Crippen molar-refractivity contribution < 1.29 is 8.42 Å². The molecular weight excluding hydrogens is 280 g/mol. The zero-order valence-electron chi connectivity index (χ0n) is 12.3. The van der Waals surface area contributed by atoms with E-state index in [1.54, 1.807) is 13.1 Å². The molecule has 1 atom stereocenters. The van der Waals surface area contributed by atoms with E-state index >= 15 is 0 Å². The fourth-order valence-corrected chi connectivity index (χ4v) is 4.90. The van der Waals surface area contributed by atoms with Crippen molar-refractivity contribution >= 4 is 21.4 Å². The molecule has 0 fully saturated rings. The molecule has 6 heteroatoms. The summed E-state index contributed by atoms with van der Waals surface area (Å²) < 4.78 is 26.9. The number of thiophene rings is 1. The molecular formula is C13H24N2O2S2. The van der Waals surface area contributed by atoms with Crippen LogP contribution in [0, 0.1) is 5.92 Å². The molecule has 1 N–H and O–H groups in total. The summed E-state index contributed by atoms with van der Waals surface area (Å²) in [6.45, 7) is 6.87. The number of sulfonamides is 1. The molecule has 110 valence electrons. The highest BCUT2D eigenvalue weighted by Crippen LogP contribution is 2.26. The lowest BCUT2D eigenvalue weighted by molar-refractivity contribution is 0.338. The Morgan fingerprint density at radius 1 is 1.32 bits per heavy atom. The second kappa shape index (κ2) is 6.83. The van der Waals surface area contributed by atoms with Crippen LogP contribution in [0.2, 0.25) is 0 Å². The Kier molecular flexibility index (Phi) is 5.98. The van der Waals surface area contributed by atoms with Crippen molar-refractivity contribution in [3.8, 4) is 0 Å². The first kappa shape index (κ1) is 16.6. The Morgan fingerprint density at radius 3 is 2.47 bits per heavy atom. The Labute approximate surface area is 120 Å². The molecule has 0 radical (unpaired) electrons. The van der Waals surface area contributed by atoms with Crippen LogP contribution in [-0.2, 0) is 16.6 Å². The van der Waals surface area contributed by atoms with Gasteiger partial charge >= 0.3 is 0 Å². The molecule has 0 aliphatic heterocycles. The van der Waals surface area contributed by atoms with Crippen molar-refractivity contribution in [1.29, 1.82) is 0 Å². The van der Waals surface area contributed by atoms with E-state index in [0.29, 0.717) is 16.7 Å². The van der Waals surface area contributed by atoms with Crippen LogP contribution >= 0.6 is 11.3 Å². The summed E-state index contributed by atoms with van der Waals surface area (Å²) in [4.78, 5) is 1.03. The molecule has 19 heavy (non-hydrogen) atoms. The van der Waals surface area contributed by atoms with Crippen LogP contribution in [0.25, 0.3) is 0 Å². The van der Waals surface area contributed by atoms with Crippen LogP contribution in [0.15, 0.2) is 16.3 Å². The van der Waals surface area contributed by atoms with Gasteiger partial charge in [-0.1, -0.05) is 13.8 Å². The zero-order valence-corrected chi connectivity index (χ0v) is 13.9. The van der Waals surface area contributed by atoms with Crippen LogP contribution < -0.4 is 5.32 Å². The normalized spacial score (nSPS) is 14.3. The minimum Gasteiger partial charge on any atom is -0.315 e. The lowest BCUT2D eigenvalue weighted by Crippen LogP contribution is -2.35. The molecule has 0 bridgehead atoms. The third-order valence-electron chi connectivity index (χ3n) is 3.05. The van der Waals surface area contributed by atoms with Gasteiger partial charge in [-0.3, -0.25) is 0 Å². The highest BCUT2D eigenvalue weighted by molar-refractivity contribution is 7.91. The predicted octanol–water partition coefficient (Wildman–Crippen LogP) is 2.52. The number of hydrogen-bond donors (Lipinski definition) is 1. The van der Waals surface area contributed by atoms with Crippen molar-refractivity contribution in [1.82, 2.24) is 9.62 Å². The summed E-state index contributed by atoms with van der Waals surface area (Å²) in [6, 6.07) is 3.58. The molecule has 1 heterocycles. The molecule has 0 aliphatic rings. The maximum Gasteiger partial charge on any atom is 0.252 e. The molecule has 1 unspecified atom stereocenters. The molecule has 0 saturated heterocycles. The van der Waals surface area contributed by atoms with Gasteiger partial charge in [0, 0.05) is 24.5 Å². The van der Waals surface area contributed by atoms with Gasteiger partial charge in [0.25, 0.3) is 10.0 Å². The van der Waals surface area contributed by atoms with Gasteiger partial charge < -0.3 is 5.32 Å². The van der Waals surface area contributed by atoms with Gasteiger partial charge in [-0.05, 0) is 38.4 Å². The monoisotopic (exact) mass is 304 g/mol. The van der Waals surface area contributed by atoms with Gasteiger partial charge in [-0.25, -0.2) is 8.42 Å². The fourth-order valence-electron chi connectivity index (χ4n) is 1.98. The second-order valence-corrected chi connectivity index (χ2v) is 8.64. The molecule has 0 saturated carbocycles. The average molecular weight is 304 g/mol. The van der Waals surface area contributed by atoms with Gasteiger partial charge in [-0.15, -0.1) is 11.3 Å². The van der Waals surface area contributed by atoms with Crippen molar-refractivity contribution in [3.63, 3.8) is 0 Å². The summed E-state index contributed by atoms with van der Waals surface area (Å²) in [7, 11) is 0.161. The Hall–Kier alpha value is -0.430. The van der Waals surface area contributed by atoms with E-state index in [1.807, 2.05) is 20.0 Å². The molecule has 1 aromatic heterocycles. The molecule has 0 aromatic carbocycles. The highest BCUT2D eigenvalue weighted by Gasteiger charge is 2.27. The van der Waals surface area contributed by atoms with Gasteiger partial charge in [0.2, 0.25) is 0 Å². The number of rotatable bonds is 7. The quantitative estimate of drug-likeness (QED) is 0.842. The first-order chi connectivity index (χ1) is 8.78. The third-order valence-corrected chi connectivity index (χ3v) is 6.58. The van der Waals surface area contributed by atoms with E-state index in [-0.39, 0.29) is 6.04 Å². The van der Waals surface area contributed by atoms with Crippen LogP contribution in [0.3, 0.4) is 0 Å². The third kappa shape index (κ3) is 4.27. The minimum absolute atomic E-state index is 0.0138. The van der Waals surface area contributed by atoms with Crippen molar-refractivity contribution in [2.24, 2.45) is 5.92 Å². The van der Waals surface area contributed by atoms with E-state index in [2.05, 4.69) is 19.2 Å². The van der Waals surface area contributed by atoms with Crippen molar-refractivity contribution in [2.75, 3.05) is 14.1 Å². The molecule has 0 amide bonds. The molecule has 0 aliphatic carbocycles. The maximum atomic E-state index is 12.5. The SMILES string of the molecule is CNCc1ccc(S(=O)(=O)N(C)C(C)CC(C)C)s1. The standard InChI is InChI=1S/C13H24N2O2S2/c1-10(2)8-11(3)15(5)19(16,17)13-7-6-12(18-13)9-14-4/h6-7,10-11,14H,8-9H2,1-5H3. The topological polar surface area (TPSA) is 49.4 Å². The average Bonchev–Trinajstić information content (AvgIpc) is 2.76. The first-order valence-electron chi connectivity index (χ1n) is 6.50. The van der Waals surface area contributed by atoms with Crippen LogP contribution in [-0.4, -0.2) is 32.9 Å². The summed E-state index contributed by atoms with van der Waals surface area (Å²) in [5.41, 5.74) is 0. The number of hydrogen-bond acceptors (Lipinski definition) is 4. The van der Waals surface area contributed by atoms with E-state index < -0.39 is 10.0 Å². The Balaban J connectivity index is 2.89. The van der Waals surface area contributed by atoms with Gasteiger partial charge in [0.05, 0.1) is 0 Å². The minimum atomic E-state index is -3.36. The Morgan fingerprint density at radius 2 is 1.95 bits per heavy atom. The lowest BCUT2D eigenvalue weighted by Gasteiger charge is -2.24. The molecule has 0 spiro atoms. The van der Waals surface area contributed by atoms with E-state index in [0.717, 1.165) is 11.3 Å². The number of nitrogens with one attached hydrogen (secondary N) is 1. The van der Waals surface area contributed by atoms with Gasteiger partial charge in [0.15, 0.2) is 0 Å². The fraction of sp³-hybridized carbons (Fsp3) is 0.692. The predicted molar refractivity (Wildman–Crippen MR) is 80.9 cm³/mol. The summed E-state index contributed by atoms with van der Waals surface area (Å²) in [5, 5.41) is 3.03. The largest absolute Gasteiger partial charge is 0.315 e. The zero-order chi connectivity index (χ0) is 14.6. The summed E-state index contributed by atoms with van der Waals surface area (Å²) in [5.74, 6) is 0.482. The smallest absolute Gasteiger partial charge is 0.252 e. The Bertz CT molecular complexity index is 494. The van der Waals surface area contributed by atoms with Crippen LogP contribution in [0.1, 0.15) is 32.1 Å². The maximum absolute atomic E-state index is 12.5. The summed E-state index contributed by atoms with van der Waals surface area (Å²) in [6.07, 6.45) is 0.866. The van der Waals surface area contributed by atoms with Crippen molar-refractivity contribution in [2.45, 2.75) is 44.0 Å². The highest BCUT2D eigenvalue weighted by atomic mass is 32.2. The van der Waals surface area contributed by atoms with Crippen molar-refractivity contribution in [3.05, 3.63) is 17.0 Å². The van der Waals surface area contributed by atoms with Crippen LogP contribution in [0.4, 0.5) is 0 Å².